The Morgan fingerprint density at radius 1 is 1.37 bits per heavy atom. The summed E-state index contributed by atoms with van der Waals surface area (Å²) in [7, 11) is -3.43. The van der Waals surface area contributed by atoms with Crippen LogP contribution in [-0.4, -0.2) is 25.8 Å². The Morgan fingerprint density at radius 2 is 2.00 bits per heavy atom. The first-order chi connectivity index (χ1) is 8.75. The Balaban J connectivity index is 2.74. The molecular weight excluding hydrogens is 276 g/mol. The van der Waals surface area contributed by atoms with E-state index in [1.807, 2.05) is 0 Å². The Kier molecular flexibility index (Phi) is 4.99. The Bertz CT molecular complexity index is 572. The quantitative estimate of drug-likeness (QED) is 0.896. The van der Waals surface area contributed by atoms with Crippen molar-refractivity contribution >= 4 is 15.7 Å². The van der Waals surface area contributed by atoms with Gasteiger partial charge in [0.15, 0.2) is 9.84 Å². The summed E-state index contributed by atoms with van der Waals surface area (Å²) in [5.41, 5.74) is 0.101. The summed E-state index contributed by atoms with van der Waals surface area (Å²) in [5.74, 6) is -2.99. The molecular formula is C12H15F2NO3S. The van der Waals surface area contributed by atoms with Crippen LogP contribution < -0.4 is 5.32 Å². The SMILES string of the molecule is CCS(=O)(=O)CC(=O)NC(C)c1ccc(F)cc1F. The number of hydrogen-bond donors (Lipinski definition) is 1. The lowest BCUT2D eigenvalue weighted by molar-refractivity contribution is -0.119. The second-order valence-electron chi connectivity index (χ2n) is 4.13. The Morgan fingerprint density at radius 3 is 2.53 bits per heavy atom. The van der Waals surface area contributed by atoms with Crippen molar-refractivity contribution in [3.05, 3.63) is 35.4 Å². The third-order valence-electron chi connectivity index (χ3n) is 2.60. The summed E-state index contributed by atoms with van der Waals surface area (Å²) in [6.45, 7) is 2.93. The molecule has 0 bridgehead atoms. The molecule has 0 radical (unpaired) electrons. The summed E-state index contributed by atoms with van der Waals surface area (Å²) < 4.78 is 48.7. The van der Waals surface area contributed by atoms with Gasteiger partial charge in [-0.25, -0.2) is 17.2 Å². The van der Waals surface area contributed by atoms with Crippen LogP contribution in [0.3, 0.4) is 0 Å². The summed E-state index contributed by atoms with van der Waals surface area (Å²) in [6, 6.07) is 2.26. The minimum Gasteiger partial charge on any atom is -0.349 e. The van der Waals surface area contributed by atoms with E-state index >= 15 is 0 Å². The number of sulfone groups is 1. The lowest BCUT2D eigenvalue weighted by Crippen LogP contribution is -2.33. The molecule has 19 heavy (non-hydrogen) atoms. The molecule has 1 aromatic carbocycles. The zero-order valence-corrected chi connectivity index (χ0v) is 11.4. The molecule has 1 aromatic rings. The molecule has 0 aliphatic heterocycles. The molecule has 1 rings (SSSR count). The van der Waals surface area contributed by atoms with E-state index in [1.165, 1.54) is 19.9 Å². The molecule has 1 amide bonds. The van der Waals surface area contributed by atoms with Gasteiger partial charge >= 0.3 is 0 Å². The van der Waals surface area contributed by atoms with E-state index < -0.39 is 39.2 Å². The highest BCUT2D eigenvalue weighted by Gasteiger charge is 2.18. The van der Waals surface area contributed by atoms with Gasteiger partial charge in [-0.1, -0.05) is 13.0 Å². The van der Waals surface area contributed by atoms with Crippen LogP contribution in [0.2, 0.25) is 0 Å². The van der Waals surface area contributed by atoms with Crippen LogP contribution in [-0.2, 0) is 14.6 Å². The van der Waals surface area contributed by atoms with Crippen LogP contribution in [0.25, 0.3) is 0 Å². The standard InChI is InChI=1S/C12H15F2NO3S/c1-3-19(17,18)7-12(16)15-8(2)10-5-4-9(13)6-11(10)14/h4-6,8H,3,7H2,1-2H3,(H,15,16). The molecule has 0 heterocycles. The largest absolute Gasteiger partial charge is 0.349 e. The highest BCUT2D eigenvalue weighted by atomic mass is 32.2. The van der Waals surface area contributed by atoms with Gasteiger partial charge in [-0.05, 0) is 13.0 Å². The number of nitrogens with one attached hydrogen (secondary N) is 1. The van der Waals surface area contributed by atoms with Crippen molar-refractivity contribution in [3.8, 4) is 0 Å². The van der Waals surface area contributed by atoms with Gasteiger partial charge < -0.3 is 5.32 Å². The zero-order chi connectivity index (χ0) is 14.6. The lowest BCUT2D eigenvalue weighted by atomic mass is 10.1. The fourth-order valence-corrected chi connectivity index (χ4v) is 2.20. The van der Waals surface area contributed by atoms with Gasteiger partial charge in [-0.15, -0.1) is 0 Å². The smallest absolute Gasteiger partial charge is 0.235 e. The molecule has 1 atom stereocenters. The zero-order valence-electron chi connectivity index (χ0n) is 10.6. The number of benzene rings is 1. The number of halogens is 2. The van der Waals surface area contributed by atoms with Crippen molar-refractivity contribution in [1.82, 2.24) is 5.32 Å². The van der Waals surface area contributed by atoms with Gasteiger partial charge in [0, 0.05) is 17.4 Å². The normalized spacial score (nSPS) is 13.1. The van der Waals surface area contributed by atoms with Crippen molar-refractivity contribution in [2.75, 3.05) is 11.5 Å². The van der Waals surface area contributed by atoms with E-state index in [4.69, 9.17) is 0 Å². The minimum atomic E-state index is -3.43. The van der Waals surface area contributed by atoms with E-state index in [0.29, 0.717) is 6.07 Å². The van der Waals surface area contributed by atoms with Crippen molar-refractivity contribution in [3.63, 3.8) is 0 Å². The van der Waals surface area contributed by atoms with Crippen LogP contribution in [0.15, 0.2) is 18.2 Å². The molecule has 0 aliphatic rings. The third-order valence-corrected chi connectivity index (χ3v) is 4.18. The second-order valence-corrected chi connectivity index (χ2v) is 6.48. The van der Waals surface area contributed by atoms with Crippen molar-refractivity contribution in [2.24, 2.45) is 0 Å². The second kappa shape index (κ2) is 6.10. The highest BCUT2D eigenvalue weighted by Crippen LogP contribution is 2.17. The lowest BCUT2D eigenvalue weighted by Gasteiger charge is -2.15. The van der Waals surface area contributed by atoms with E-state index in [9.17, 15) is 22.0 Å². The van der Waals surface area contributed by atoms with Gasteiger partial charge in [-0.3, -0.25) is 4.79 Å². The average Bonchev–Trinajstić information content (AvgIpc) is 2.27. The summed E-state index contributed by atoms with van der Waals surface area (Å²) in [4.78, 5) is 11.5. The molecule has 0 saturated carbocycles. The molecule has 7 heteroatoms. The maximum Gasteiger partial charge on any atom is 0.235 e. The molecule has 106 valence electrons. The molecule has 0 spiro atoms. The topological polar surface area (TPSA) is 63.2 Å². The fourth-order valence-electron chi connectivity index (χ4n) is 1.52. The van der Waals surface area contributed by atoms with Gasteiger partial charge in [0.2, 0.25) is 5.91 Å². The summed E-state index contributed by atoms with van der Waals surface area (Å²) in [6.07, 6.45) is 0. The first-order valence-corrected chi connectivity index (χ1v) is 7.52. The Labute approximate surface area is 110 Å². The average molecular weight is 291 g/mol. The predicted molar refractivity (Wildman–Crippen MR) is 67.2 cm³/mol. The van der Waals surface area contributed by atoms with Crippen LogP contribution in [0.4, 0.5) is 8.78 Å². The van der Waals surface area contributed by atoms with E-state index in [-0.39, 0.29) is 11.3 Å². The third kappa shape index (κ3) is 4.59. The molecule has 0 fully saturated rings. The number of amides is 1. The van der Waals surface area contributed by atoms with Crippen molar-refractivity contribution in [1.29, 1.82) is 0 Å². The Hall–Kier alpha value is -1.50. The van der Waals surface area contributed by atoms with Gasteiger partial charge in [-0.2, -0.15) is 0 Å². The van der Waals surface area contributed by atoms with Crippen LogP contribution in [0.5, 0.6) is 0 Å². The minimum absolute atomic E-state index is 0.101. The monoisotopic (exact) mass is 291 g/mol. The maximum atomic E-state index is 13.4. The molecule has 0 saturated heterocycles. The maximum absolute atomic E-state index is 13.4. The molecule has 0 aromatic heterocycles. The number of hydrogen-bond acceptors (Lipinski definition) is 3. The van der Waals surface area contributed by atoms with Crippen molar-refractivity contribution in [2.45, 2.75) is 19.9 Å². The van der Waals surface area contributed by atoms with Gasteiger partial charge in [0.05, 0.1) is 6.04 Å². The highest BCUT2D eigenvalue weighted by molar-refractivity contribution is 7.92. The van der Waals surface area contributed by atoms with Crippen LogP contribution in [0.1, 0.15) is 25.5 Å². The number of carbonyl (C=O) groups excluding carboxylic acids is 1. The van der Waals surface area contributed by atoms with E-state index in [2.05, 4.69) is 5.32 Å². The van der Waals surface area contributed by atoms with E-state index in [0.717, 1.165) is 6.07 Å². The van der Waals surface area contributed by atoms with Gasteiger partial charge in [0.25, 0.3) is 0 Å². The molecule has 0 aliphatic carbocycles. The first-order valence-electron chi connectivity index (χ1n) is 5.70. The predicted octanol–water partition coefficient (Wildman–Crippen LogP) is 1.58. The summed E-state index contributed by atoms with van der Waals surface area (Å²) >= 11 is 0. The van der Waals surface area contributed by atoms with Crippen LogP contribution >= 0.6 is 0 Å². The fraction of sp³-hybridized carbons (Fsp3) is 0.417. The van der Waals surface area contributed by atoms with Crippen molar-refractivity contribution < 1.29 is 22.0 Å². The molecule has 1 unspecified atom stereocenters. The molecule has 1 N–H and O–H groups in total. The number of rotatable bonds is 5. The number of carbonyl (C=O) groups is 1. The van der Waals surface area contributed by atoms with E-state index in [1.54, 1.807) is 0 Å². The van der Waals surface area contributed by atoms with Gasteiger partial charge in [0.1, 0.15) is 17.4 Å². The first kappa shape index (κ1) is 15.6. The molecule has 4 nitrogen and oxygen atoms in total. The van der Waals surface area contributed by atoms with Crippen LogP contribution in [0, 0.1) is 11.6 Å². The summed E-state index contributed by atoms with van der Waals surface area (Å²) in [5, 5.41) is 2.37.